The first-order valence-corrected chi connectivity index (χ1v) is 10.3. The molecule has 9 heteroatoms. The predicted octanol–water partition coefficient (Wildman–Crippen LogP) is 3.54. The molecule has 0 unspecified atom stereocenters. The zero-order valence-electron chi connectivity index (χ0n) is 17.3. The standard InChI is InChI=1S/C22H27F4N3O2/c1-2-31-20-16(9-10-28-12-14-3-4-14)11-18(21(30,13-27)22(24,25)26)29-19(20)15-5-7-17(23)8-6-15/h5-8,11,14,28,30H,2-4,9-10,12-13,27H2,1H3/t21-/m0/s1. The van der Waals surface area contributed by atoms with Crippen LogP contribution in [0.3, 0.4) is 0 Å². The molecular formula is C22H27F4N3O2. The molecule has 4 N–H and O–H groups in total. The number of ether oxygens (including phenoxy) is 1. The highest BCUT2D eigenvalue weighted by Crippen LogP contribution is 2.41. The smallest absolute Gasteiger partial charge is 0.424 e. The first-order chi connectivity index (χ1) is 14.7. The molecule has 1 fully saturated rings. The number of nitrogens with zero attached hydrogens (tertiary/aromatic N) is 1. The number of halogens is 4. The number of hydrogen-bond acceptors (Lipinski definition) is 5. The summed E-state index contributed by atoms with van der Waals surface area (Å²) in [5.74, 6) is 0.477. The number of aliphatic hydroxyl groups is 1. The number of hydrogen-bond donors (Lipinski definition) is 3. The van der Waals surface area contributed by atoms with Gasteiger partial charge in [0.05, 0.1) is 12.3 Å². The van der Waals surface area contributed by atoms with Crippen molar-refractivity contribution in [3.8, 4) is 17.0 Å². The fourth-order valence-electron chi connectivity index (χ4n) is 3.31. The molecule has 0 bridgehead atoms. The third-order valence-electron chi connectivity index (χ3n) is 5.35. The Morgan fingerprint density at radius 3 is 2.45 bits per heavy atom. The van der Waals surface area contributed by atoms with Crippen molar-refractivity contribution in [2.75, 3.05) is 26.2 Å². The van der Waals surface area contributed by atoms with Crippen molar-refractivity contribution < 1.29 is 27.4 Å². The van der Waals surface area contributed by atoms with Crippen LogP contribution in [0.5, 0.6) is 5.75 Å². The van der Waals surface area contributed by atoms with Crippen LogP contribution in [-0.2, 0) is 12.0 Å². The van der Waals surface area contributed by atoms with E-state index in [0.717, 1.165) is 6.54 Å². The summed E-state index contributed by atoms with van der Waals surface area (Å²) in [6.07, 6.45) is -2.30. The fourth-order valence-corrected chi connectivity index (χ4v) is 3.31. The molecule has 3 rings (SSSR count). The molecule has 2 aromatic rings. The van der Waals surface area contributed by atoms with Crippen molar-refractivity contribution in [1.82, 2.24) is 10.3 Å². The van der Waals surface area contributed by atoms with E-state index in [1.165, 1.54) is 43.2 Å². The summed E-state index contributed by atoms with van der Waals surface area (Å²) >= 11 is 0. The van der Waals surface area contributed by atoms with E-state index in [4.69, 9.17) is 10.5 Å². The van der Waals surface area contributed by atoms with Crippen LogP contribution in [-0.4, -0.2) is 42.5 Å². The van der Waals surface area contributed by atoms with E-state index in [9.17, 15) is 22.7 Å². The molecule has 1 aromatic heterocycles. The van der Waals surface area contributed by atoms with Crippen LogP contribution in [0, 0.1) is 11.7 Å². The number of nitrogens with two attached hydrogens (primary N) is 1. The summed E-state index contributed by atoms with van der Waals surface area (Å²) in [6.45, 7) is 2.30. The van der Waals surface area contributed by atoms with E-state index >= 15 is 0 Å². The second-order valence-corrected chi connectivity index (χ2v) is 7.74. The molecule has 0 amide bonds. The minimum atomic E-state index is -5.02. The van der Waals surface area contributed by atoms with Crippen LogP contribution in [0.25, 0.3) is 11.3 Å². The first kappa shape index (κ1) is 23.4. The van der Waals surface area contributed by atoms with Crippen LogP contribution in [0.1, 0.15) is 31.0 Å². The molecule has 0 saturated heterocycles. The predicted molar refractivity (Wildman–Crippen MR) is 109 cm³/mol. The van der Waals surface area contributed by atoms with Crippen molar-refractivity contribution in [3.05, 3.63) is 47.4 Å². The highest BCUT2D eigenvalue weighted by molar-refractivity contribution is 5.69. The molecule has 0 spiro atoms. The van der Waals surface area contributed by atoms with Crippen LogP contribution in [0.15, 0.2) is 30.3 Å². The van der Waals surface area contributed by atoms with Gasteiger partial charge < -0.3 is 20.9 Å². The van der Waals surface area contributed by atoms with Crippen molar-refractivity contribution >= 4 is 0 Å². The molecule has 1 saturated carbocycles. The van der Waals surface area contributed by atoms with Gasteiger partial charge in [-0.15, -0.1) is 0 Å². The van der Waals surface area contributed by atoms with Gasteiger partial charge in [-0.05, 0) is 81.1 Å². The number of aromatic nitrogens is 1. The fraction of sp³-hybridized carbons (Fsp3) is 0.500. The average Bonchev–Trinajstić information content (AvgIpc) is 3.55. The van der Waals surface area contributed by atoms with Gasteiger partial charge in [-0.2, -0.15) is 13.2 Å². The summed E-state index contributed by atoms with van der Waals surface area (Å²) in [4.78, 5) is 4.11. The van der Waals surface area contributed by atoms with Crippen LogP contribution in [0.2, 0.25) is 0 Å². The van der Waals surface area contributed by atoms with E-state index in [1.807, 2.05) is 0 Å². The lowest BCUT2D eigenvalue weighted by atomic mass is 9.94. The summed E-state index contributed by atoms with van der Waals surface area (Å²) in [6, 6.07) is 6.41. The molecule has 1 aromatic carbocycles. The van der Waals surface area contributed by atoms with Gasteiger partial charge in [0, 0.05) is 12.1 Å². The van der Waals surface area contributed by atoms with Crippen molar-refractivity contribution in [2.45, 2.75) is 38.0 Å². The van der Waals surface area contributed by atoms with Crippen molar-refractivity contribution in [1.29, 1.82) is 0 Å². The number of benzene rings is 1. The lowest BCUT2D eigenvalue weighted by Gasteiger charge is -2.30. The lowest BCUT2D eigenvalue weighted by molar-refractivity contribution is -0.263. The first-order valence-electron chi connectivity index (χ1n) is 10.3. The summed E-state index contributed by atoms with van der Waals surface area (Å²) in [7, 11) is 0. The van der Waals surface area contributed by atoms with Crippen LogP contribution < -0.4 is 15.8 Å². The molecule has 1 atom stereocenters. The Labute approximate surface area is 178 Å². The summed E-state index contributed by atoms with van der Waals surface area (Å²) < 4.78 is 60.3. The van der Waals surface area contributed by atoms with E-state index in [0.29, 0.717) is 35.8 Å². The largest absolute Gasteiger partial charge is 0.491 e. The molecule has 1 aliphatic carbocycles. The van der Waals surface area contributed by atoms with Gasteiger partial charge in [0.15, 0.2) is 0 Å². The maximum Gasteiger partial charge on any atom is 0.424 e. The Kier molecular flexibility index (Phi) is 7.18. The maximum absolute atomic E-state index is 13.7. The molecule has 31 heavy (non-hydrogen) atoms. The van der Waals surface area contributed by atoms with Crippen LogP contribution in [0.4, 0.5) is 17.6 Å². The van der Waals surface area contributed by atoms with Gasteiger partial charge in [-0.25, -0.2) is 9.37 Å². The van der Waals surface area contributed by atoms with E-state index in [2.05, 4.69) is 10.3 Å². The number of alkyl halides is 3. The minimum Gasteiger partial charge on any atom is -0.491 e. The Bertz CT molecular complexity index is 886. The Balaban J connectivity index is 2.08. The van der Waals surface area contributed by atoms with Crippen molar-refractivity contribution in [3.63, 3.8) is 0 Å². The van der Waals surface area contributed by atoms with Gasteiger partial charge in [-0.3, -0.25) is 0 Å². The molecule has 1 aliphatic rings. The highest BCUT2D eigenvalue weighted by Gasteiger charge is 2.55. The number of nitrogens with one attached hydrogen (secondary N) is 1. The van der Waals surface area contributed by atoms with E-state index < -0.39 is 29.8 Å². The molecule has 0 radical (unpaired) electrons. The van der Waals surface area contributed by atoms with Gasteiger partial charge in [0.2, 0.25) is 5.60 Å². The topological polar surface area (TPSA) is 80.4 Å². The summed E-state index contributed by atoms with van der Waals surface area (Å²) in [5.41, 5.74) is 2.36. The molecule has 1 heterocycles. The molecule has 170 valence electrons. The Morgan fingerprint density at radius 2 is 1.90 bits per heavy atom. The van der Waals surface area contributed by atoms with E-state index in [-0.39, 0.29) is 12.3 Å². The Hall–Kier alpha value is -2.23. The molecule has 0 aliphatic heterocycles. The SMILES string of the molecule is CCOc1c(CCNCC2CC2)cc([C@@](O)(CN)C(F)(F)F)nc1-c1ccc(F)cc1. The normalized spacial score (nSPS) is 16.2. The second-order valence-electron chi connectivity index (χ2n) is 7.74. The van der Waals surface area contributed by atoms with Gasteiger partial charge in [-0.1, -0.05) is 0 Å². The zero-order valence-corrected chi connectivity index (χ0v) is 17.3. The number of rotatable bonds is 10. The number of pyridine rings is 1. The Morgan fingerprint density at radius 1 is 1.23 bits per heavy atom. The van der Waals surface area contributed by atoms with Crippen LogP contribution >= 0.6 is 0 Å². The van der Waals surface area contributed by atoms with Gasteiger partial charge >= 0.3 is 6.18 Å². The monoisotopic (exact) mass is 441 g/mol. The average molecular weight is 441 g/mol. The van der Waals surface area contributed by atoms with Crippen molar-refractivity contribution in [2.24, 2.45) is 11.7 Å². The van der Waals surface area contributed by atoms with Gasteiger partial charge in [0.1, 0.15) is 17.3 Å². The molecular weight excluding hydrogens is 414 g/mol. The lowest BCUT2D eigenvalue weighted by Crippen LogP contribution is -2.49. The zero-order chi connectivity index (χ0) is 22.6. The third-order valence-corrected chi connectivity index (χ3v) is 5.35. The third kappa shape index (κ3) is 5.34. The van der Waals surface area contributed by atoms with E-state index in [1.54, 1.807) is 6.92 Å². The second kappa shape index (κ2) is 9.50. The van der Waals surface area contributed by atoms with Gasteiger partial charge in [0.25, 0.3) is 0 Å². The summed E-state index contributed by atoms with van der Waals surface area (Å²) in [5, 5.41) is 13.7. The molecule has 5 nitrogen and oxygen atoms in total. The highest BCUT2D eigenvalue weighted by atomic mass is 19.4. The minimum absolute atomic E-state index is 0.104. The quantitative estimate of drug-likeness (QED) is 0.388. The maximum atomic E-state index is 13.7.